The van der Waals surface area contributed by atoms with Crippen LogP contribution in [0.4, 0.5) is 5.13 Å². The fourth-order valence-corrected chi connectivity index (χ4v) is 3.71. The molecule has 1 fully saturated rings. The number of aromatic nitrogens is 2. The second kappa shape index (κ2) is 6.51. The van der Waals surface area contributed by atoms with Crippen molar-refractivity contribution in [3.05, 3.63) is 39.7 Å². The monoisotopic (exact) mass is 346 g/mol. The highest BCUT2D eigenvalue weighted by atomic mass is 32.2. The lowest BCUT2D eigenvalue weighted by molar-refractivity contribution is -0.122. The zero-order valence-corrected chi connectivity index (χ0v) is 14.2. The molecular formula is C15H14N4O2S2. The summed E-state index contributed by atoms with van der Waals surface area (Å²) in [6.45, 7) is 4.29. The van der Waals surface area contributed by atoms with Crippen LogP contribution in [0.15, 0.2) is 34.2 Å². The van der Waals surface area contributed by atoms with Gasteiger partial charge in [0, 0.05) is 6.54 Å². The Labute approximate surface area is 141 Å². The van der Waals surface area contributed by atoms with Crippen molar-refractivity contribution in [1.82, 2.24) is 15.1 Å². The molecule has 0 unspecified atom stereocenters. The lowest BCUT2D eigenvalue weighted by atomic mass is 10.2. The van der Waals surface area contributed by atoms with Crippen molar-refractivity contribution in [2.45, 2.75) is 13.8 Å². The molecule has 0 radical (unpaired) electrons. The van der Waals surface area contributed by atoms with E-state index in [0.29, 0.717) is 21.7 Å². The number of hydrogen-bond acceptors (Lipinski definition) is 7. The van der Waals surface area contributed by atoms with Gasteiger partial charge in [-0.1, -0.05) is 23.5 Å². The predicted molar refractivity (Wildman–Crippen MR) is 92.8 cm³/mol. The van der Waals surface area contributed by atoms with Crippen molar-refractivity contribution in [3.63, 3.8) is 0 Å². The predicted octanol–water partition coefficient (Wildman–Crippen LogP) is 3.18. The molecule has 1 aromatic carbocycles. The lowest BCUT2D eigenvalue weighted by Crippen LogP contribution is -2.28. The number of thioether (sulfide) groups is 1. The van der Waals surface area contributed by atoms with Crippen molar-refractivity contribution in [2.75, 3.05) is 6.54 Å². The number of likely N-dealkylation sites (N-methyl/N-ethyl adjacent to an activating group) is 1. The topological polar surface area (TPSA) is 78.7 Å². The minimum absolute atomic E-state index is 0.0965. The van der Waals surface area contributed by atoms with E-state index in [1.807, 2.05) is 19.9 Å². The molecule has 0 saturated carbocycles. The maximum atomic E-state index is 12.5. The Hall–Kier alpha value is -2.19. The number of amides is 1. The average molecular weight is 346 g/mol. The van der Waals surface area contributed by atoms with Crippen LogP contribution in [0.3, 0.4) is 0 Å². The summed E-state index contributed by atoms with van der Waals surface area (Å²) in [5.74, 6) is 0.0706. The molecule has 2 aromatic rings. The van der Waals surface area contributed by atoms with Crippen LogP contribution in [-0.4, -0.2) is 37.8 Å². The summed E-state index contributed by atoms with van der Waals surface area (Å²) in [4.78, 5) is 19.1. The van der Waals surface area contributed by atoms with Gasteiger partial charge in [0.15, 0.2) is 5.17 Å². The van der Waals surface area contributed by atoms with Crippen molar-refractivity contribution < 1.29 is 9.90 Å². The molecule has 118 valence electrons. The normalized spacial score (nSPS) is 18.3. The van der Waals surface area contributed by atoms with E-state index in [0.717, 1.165) is 10.6 Å². The average Bonchev–Trinajstić information content (AvgIpc) is 3.04. The fraction of sp³-hybridized carbons (Fsp3) is 0.200. The molecular weight excluding hydrogens is 332 g/mol. The first-order valence-electron chi connectivity index (χ1n) is 6.96. The van der Waals surface area contributed by atoms with Crippen molar-refractivity contribution >= 4 is 45.4 Å². The molecule has 1 saturated heterocycles. The van der Waals surface area contributed by atoms with Crippen LogP contribution in [0.25, 0.3) is 6.08 Å². The highest BCUT2D eigenvalue weighted by molar-refractivity contribution is 8.18. The van der Waals surface area contributed by atoms with Gasteiger partial charge in [-0.25, -0.2) is 0 Å². The van der Waals surface area contributed by atoms with Gasteiger partial charge in [-0.15, -0.1) is 10.2 Å². The van der Waals surface area contributed by atoms with E-state index >= 15 is 0 Å². The van der Waals surface area contributed by atoms with Gasteiger partial charge in [0.25, 0.3) is 5.91 Å². The number of benzene rings is 1. The third-order valence-electron chi connectivity index (χ3n) is 3.08. The molecule has 1 N–H and O–H groups in total. The summed E-state index contributed by atoms with van der Waals surface area (Å²) in [6, 6.07) is 6.78. The number of phenolic OH excluding ortho intramolecular Hbond substituents is 1. The SMILES string of the molecule is CCN1C(=O)/C(=C/c2cccc(O)c2)S/C1=N/c1nnc(C)s1. The minimum Gasteiger partial charge on any atom is -0.508 e. The largest absolute Gasteiger partial charge is 0.508 e. The van der Waals surface area contributed by atoms with Gasteiger partial charge in [0.2, 0.25) is 5.13 Å². The van der Waals surface area contributed by atoms with E-state index in [1.54, 1.807) is 29.2 Å². The van der Waals surface area contributed by atoms with Gasteiger partial charge in [0.1, 0.15) is 10.8 Å². The standard InChI is InChI=1S/C15H14N4O2S2/c1-3-19-13(21)12(8-10-5-4-6-11(20)7-10)23-15(19)16-14-18-17-9(2)22-14/h4-8,20H,3H2,1-2H3/b12-8-,16-15+. The second-order valence-corrected chi connectivity index (χ2v) is 6.92. The quantitative estimate of drug-likeness (QED) is 0.864. The third kappa shape index (κ3) is 3.43. The van der Waals surface area contributed by atoms with Crippen LogP contribution < -0.4 is 0 Å². The first kappa shape index (κ1) is 15.7. The van der Waals surface area contributed by atoms with E-state index in [4.69, 9.17) is 0 Å². The molecule has 6 nitrogen and oxygen atoms in total. The first-order chi connectivity index (χ1) is 11.1. The zero-order chi connectivity index (χ0) is 16.4. The molecule has 0 bridgehead atoms. The summed E-state index contributed by atoms with van der Waals surface area (Å²) in [6.07, 6.45) is 1.75. The molecule has 2 heterocycles. The number of carbonyl (C=O) groups is 1. The number of aliphatic imine (C=N–C) groups is 1. The fourth-order valence-electron chi connectivity index (χ4n) is 2.05. The van der Waals surface area contributed by atoms with Crippen LogP contribution in [-0.2, 0) is 4.79 Å². The number of carbonyl (C=O) groups excluding carboxylic acids is 1. The molecule has 3 rings (SSSR count). The summed E-state index contributed by atoms with van der Waals surface area (Å²) in [5.41, 5.74) is 0.768. The van der Waals surface area contributed by atoms with Gasteiger partial charge in [-0.2, -0.15) is 4.99 Å². The molecule has 1 aliphatic heterocycles. The van der Waals surface area contributed by atoms with E-state index in [9.17, 15) is 9.90 Å². The third-order valence-corrected chi connectivity index (χ3v) is 4.82. The molecule has 1 aromatic heterocycles. The van der Waals surface area contributed by atoms with E-state index in [2.05, 4.69) is 15.2 Å². The van der Waals surface area contributed by atoms with Crippen LogP contribution >= 0.6 is 23.1 Å². The Kier molecular flexibility index (Phi) is 4.44. The van der Waals surface area contributed by atoms with Crippen LogP contribution in [0.5, 0.6) is 5.75 Å². The van der Waals surface area contributed by atoms with Crippen molar-refractivity contribution in [2.24, 2.45) is 4.99 Å². The lowest BCUT2D eigenvalue weighted by Gasteiger charge is -2.11. The van der Waals surface area contributed by atoms with E-state index < -0.39 is 0 Å². The van der Waals surface area contributed by atoms with Crippen molar-refractivity contribution in [1.29, 1.82) is 0 Å². The Morgan fingerprint density at radius 1 is 1.39 bits per heavy atom. The maximum Gasteiger partial charge on any atom is 0.266 e. The Morgan fingerprint density at radius 2 is 2.22 bits per heavy atom. The van der Waals surface area contributed by atoms with Gasteiger partial charge >= 0.3 is 0 Å². The number of aryl methyl sites for hydroxylation is 1. The summed E-state index contributed by atoms with van der Waals surface area (Å²) in [5, 5.41) is 19.4. The number of phenols is 1. The Balaban J connectivity index is 1.93. The highest BCUT2D eigenvalue weighted by Crippen LogP contribution is 2.34. The maximum absolute atomic E-state index is 12.5. The van der Waals surface area contributed by atoms with Crippen LogP contribution in [0, 0.1) is 6.92 Å². The molecule has 8 heteroatoms. The zero-order valence-electron chi connectivity index (χ0n) is 12.6. The number of aromatic hydroxyl groups is 1. The van der Waals surface area contributed by atoms with E-state index in [-0.39, 0.29) is 11.7 Å². The Morgan fingerprint density at radius 3 is 2.87 bits per heavy atom. The smallest absolute Gasteiger partial charge is 0.266 e. The summed E-state index contributed by atoms with van der Waals surface area (Å²) >= 11 is 2.68. The van der Waals surface area contributed by atoms with Crippen molar-refractivity contribution in [3.8, 4) is 5.75 Å². The second-order valence-electron chi connectivity index (χ2n) is 4.75. The molecule has 1 aliphatic rings. The molecule has 1 amide bonds. The summed E-state index contributed by atoms with van der Waals surface area (Å²) in [7, 11) is 0. The van der Waals surface area contributed by atoms with Crippen LogP contribution in [0.2, 0.25) is 0 Å². The van der Waals surface area contributed by atoms with Gasteiger partial charge in [-0.3, -0.25) is 9.69 Å². The first-order valence-corrected chi connectivity index (χ1v) is 8.59. The number of nitrogens with zero attached hydrogens (tertiary/aromatic N) is 4. The number of amidine groups is 1. The number of hydrogen-bond donors (Lipinski definition) is 1. The highest BCUT2D eigenvalue weighted by Gasteiger charge is 2.32. The minimum atomic E-state index is -0.0965. The van der Waals surface area contributed by atoms with Crippen LogP contribution in [0.1, 0.15) is 17.5 Å². The Bertz CT molecular complexity index is 813. The van der Waals surface area contributed by atoms with E-state index in [1.165, 1.54) is 23.1 Å². The molecule has 0 spiro atoms. The number of rotatable bonds is 3. The van der Waals surface area contributed by atoms with Gasteiger partial charge in [0.05, 0.1) is 4.91 Å². The van der Waals surface area contributed by atoms with Gasteiger partial charge in [-0.05, 0) is 49.4 Å². The summed E-state index contributed by atoms with van der Waals surface area (Å²) < 4.78 is 0. The molecule has 0 aliphatic carbocycles. The van der Waals surface area contributed by atoms with Gasteiger partial charge < -0.3 is 5.11 Å². The molecule has 23 heavy (non-hydrogen) atoms. The molecule has 0 atom stereocenters.